The van der Waals surface area contributed by atoms with Gasteiger partial charge in [-0.25, -0.2) is 0 Å². The van der Waals surface area contributed by atoms with E-state index in [0.29, 0.717) is 6.29 Å². The molecule has 3 aliphatic rings. The Balaban J connectivity index is 1.44. The van der Waals surface area contributed by atoms with Crippen molar-refractivity contribution in [2.75, 3.05) is 0 Å². The smallest absolute Gasteiger partial charge is 0.199 e. The third kappa shape index (κ3) is 5.56. The number of hydrogen-bond acceptors (Lipinski definition) is 2. The van der Waals surface area contributed by atoms with Crippen molar-refractivity contribution in [2.45, 2.75) is 134 Å². The van der Waals surface area contributed by atoms with Crippen molar-refractivity contribution in [1.82, 2.24) is 10.6 Å². The Morgan fingerprint density at radius 3 is 2.12 bits per heavy atom. The summed E-state index contributed by atoms with van der Waals surface area (Å²) >= 11 is 0. The molecule has 0 amide bonds. The molecule has 0 bridgehead atoms. The third-order valence-electron chi connectivity index (χ3n) is 7.06. The first-order valence-corrected chi connectivity index (χ1v) is 11.9. The van der Waals surface area contributed by atoms with Crippen molar-refractivity contribution in [3.8, 4) is 0 Å². The summed E-state index contributed by atoms with van der Waals surface area (Å²) in [5, 5.41) is 8.04. The minimum Gasteiger partial charge on any atom is -0.302 e. The Labute approximate surface area is 162 Å². The van der Waals surface area contributed by atoms with Gasteiger partial charge in [0.15, 0.2) is 6.29 Å². The largest absolute Gasteiger partial charge is 0.302 e. The highest BCUT2D eigenvalue weighted by atomic mass is 15.5. The fourth-order valence-electron chi connectivity index (χ4n) is 5.75. The monoisotopic (exact) mass is 362 g/mol. The highest BCUT2D eigenvalue weighted by Crippen LogP contribution is 2.24. The first-order valence-electron chi connectivity index (χ1n) is 11.9. The lowest BCUT2D eigenvalue weighted by Gasteiger charge is -2.47. The van der Waals surface area contributed by atoms with E-state index < -0.39 is 0 Å². The highest BCUT2D eigenvalue weighted by molar-refractivity contribution is 4.90. The predicted molar refractivity (Wildman–Crippen MR) is 111 cm³/mol. The van der Waals surface area contributed by atoms with Crippen LogP contribution in [0, 0.1) is 0 Å². The van der Waals surface area contributed by atoms with Gasteiger partial charge in [-0.15, -0.1) is 0 Å². The molecule has 3 fully saturated rings. The molecule has 0 saturated carbocycles. The number of unbranched alkanes of at least 4 members (excludes halogenated alkanes) is 5. The predicted octanol–water partition coefficient (Wildman–Crippen LogP) is 3.91. The second kappa shape index (κ2) is 10.8. The second-order valence-corrected chi connectivity index (χ2v) is 9.12. The second-order valence-electron chi connectivity index (χ2n) is 9.12. The maximum atomic E-state index is 4.03. The molecule has 3 aliphatic heterocycles. The fourth-order valence-corrected chi connectivity index (χ4v) is 5.75. The Bertz CT molecular complexity index is 422. The van der Waals surface area contributed by atoms with Gasteiger partial charge in [-0.05, 0) is 32.1 Å². The zero-order valence-corrected chi connectivity index (χ0v) is 17.4. The van der Waals surface area contributed by atoms with Crippen molar-refractivity contribution in [3.05, 3.63) is 12.2 Å². The molecule has 0 aromatic rings. The van der Waals surface area contributed by atoms with Crippen molar-refractivity contribution in [2.24, 2.45) is 0 Å². The minimum atomic E-state index is 0.534. The van der Waals surface area contributed by atoms with Crippen molar-refractivity contribution in [3.63, 3.8) is 0 Å². The molecular formula is C23H44N3+. The summed E-state index contributed by atoms with van der Waals surface area (Å²) in [6.45, 7) is 4.53. The topological polar surface area (TPSA) is 28.5 Å². The zero-order valence-electron chi connectivity index (χ0n) is 17.4. The average Bonchev–Trinajstić information content (AvgIpc) is 3.05. The summed E-state index contributed by atoms with van der Waals surface area (Å²) in [6, 6.07) is 3.33. The fraction of sp³-hybridized carbons (Fsp3) is 0.913. The van der Waals surface area contributed by atoms with Gasteiger partial charge in [0.05, 0.1) is 12.1 Å². The van der Waals surface area contributed by atoms with Gasteiger partial charge in [0.25, 0.3) is 0 Å². The first kappa shape index (κ1) is 20.4. The Kier molecular flexibility index (Phi) is 8.48. The van der Waals surface area contributed by atoms with Gasteiger partial charge < -0.3 is 4.90 Å². The van der Waals surface area contributed by atoms with E-state index in [4.69, 9.17) is 0 Å². The molecule has 2 unspecified atom stereocenters. The standard InChI is InChI=1S/C23H43N3/c1-3-5-7-9-11-13-19-17-21-15-16-22-18-20(14-12-10-8-6-4-2)25-23(24-19)26(21)22/h5,7,19-25H,3-4,6,8-18H2,1-2H3/p+1/b7-5-/t19-,20-,21+,22-,23?/m1/s1. The van der Waals surface area contributed by atoms with Crippen LogP contribution in [0.5, 0.6) is 0 Å². The lowest BCUT2D eigenvalue weighted by Crippen LogP contribution is -3.26. The summed E-state index contributed by atoms with van der Waals surface area (Å²) < 4.78 is 0. The minimum absolute atomic E-state index is 0.534. The van der Waals surface area contributed by atoms with E-state index in [1.54, 1.807) is 0 Å². The summed E-state index contributed by atoms with van der Waals surface area (Å²) in [7, 11) is 0. The molecule has 3 nitrogen and oxygen atoms in total. The number of rotatable bonds is 11. The van der Waals surface area contributed by atoms with Gasteiger partial charge in [0.2, 0.25) is 0 Å². The SMILES string of the molecule is CC/C=C\CCC[C@@H]1C[C@@H]2CC[C@@H]3C[C@@H](CCCCCCC)NC(N1)[NH+]32. The summed E-state index contributed by atoms with van der Waals surface area (Å²) in [6.07, 6.45) is 24.6. The van der Waals surface area contributed by atoms with Crippen LogP contribution in [0.3, 0.4) is 0 Å². The third-order valence-corrected chi connectivity index (χ3v) is 7.06. The Hall–Kier alpha value is -0.380. The molecule has 26 heavy (non-hydrogen) atoms. The number of quaternary nitrogens is 1. The Morgan fingerprint density at radius 1 is 0.808 bits per heavy atom. The van der Waals surface area contributed by atoms with Crippen LogP contribution in [0.2, 0.25) is 0 Å². The Morgan fingerprint density at radius 2 is 1.46 bits per heavy atom. The van der Waals surface area contributed by atoms with Gasteiger partial charge >= 0.3 is 0 Å². The van der Waals surface area contributed by atoms with E-state index >= 15 is 0 Å². The van der Waals surface area contributed by atoms with Crippen LogP contribution in [0.1, 0.15) is 104 Å². The van der Waals surface area contributed by atoms with Crippen molar-refractivity contribution in [1.29, 1.82) is 0 Å². The van der Waals surface area contributed by atoms with Gasteiger partial charge in [0, 0.05) is 37.8 Å². The van der Waals surface area contributed by atoms with Gasteiger partial charge in [-0.1, -0.05) is 58.1 Å². The van der Waals surface area contributed by atoms with Crippen molar-refractivity contribution >= 4 is 0 Å². The summed E-state index contributed by atoms with van der Waals surface area (Å²) in [4.78, 5) is 1.87. The van der Waals surface area contributed by atoms with E-state index in [9.17, 15) is 0 Å². The van der Waals surface area contributed by atoms with Crippen LogP contribution < -0.4 is 15.5 Å². The molecular weight excluding hydrogens is 318 g/mol. The molecule has 0 radical (unpaired) electrons. The van der Waals surface area contributed by atoms with Gasteiger partial charge in [-0.2, -0.15) is 0 Å². The van der Waals surface area contributed by atoms with Crippen LogP contribution in [0.15, 0.2) is 12.2 Å². The molecule has 0 aromatic heterocycles. The summed E-state index contributed by atoms with van der Waals surface area (Å²) in [5.74, 6) is 0. The zero-order chi connectivity index (χ0) is 18.2. The molecule has 0 spiro atoms. The van der Waals surface area contributed by atoms with E-state index in [1.807, 2.05) is 4.90 Å². The molecule has 3 heterocycles. The number of nitrogens with one attached hydrogen (secondary N) is 3. The molecule has 3 heteroatoms. The molecule has 3 saturated heterocycles. The van der Waals surface area contributed by atoms with Crippen LogP contribution in [0.4, 0.5) is 0 Å². The van der Waals surface area contributed by atoms with Crippen LogP contribution in [-0.4, -0.2) is 30.5 Å². The van der Waals surface area contributed by atoms with Crippen LogP contribution >= 0.6 is 0 Å². The normalized spacial score (nSPS) is 36.5. The van der Waals surface area contributed by atoms with E-state index in [-0.39, 0.29) is 0 Å². The van der Waals surface area contributed by atoms with Gasteiger partial charge in [-0.3, -0.25) is 10.6 Å². The van der Waals surface area contributed by atoms with E-state index in [2.05, 4.69) is 36.6 Å². The number of allylic oxidation sites excluding steroid dienone is 2. The lowest BCUT2D eigenvalue weighted by molar-refractivity contribution is -0.977. The molecule has 3 rings (SSSR count). The van der Waals surface area contributed by atoms with Crippen molar-refractivity contribution < 1.29 is 4.90 Å². The maximum Gasteiger partial charge on any atom is 0.199 e. The summed E-state index contributed by atoms with van der Waals surface area (Å²) in [5.41, 5.74) is 0. The van der Waals surface area contributed by atoms with Gasteiger partial charge in [0.1, 0.15) is 0 Å². The van der Waals surface area contributed by atoms with E-state index in [1.165, 1.54) is 89.9 Å². The molecule has 6 atom stereocenters. The quantitative estimate of drug-likeness (QED) is 0.384. The van der Waals surface area contributed by atoms with E-state index in [0.717, 1.165) is 24.2 Å². The molecule has 3 N–H and O–H groups in total. The van der Waals surface area contributed by atoms with Crippen LogP contribution in [0.25, 0.3) is 0 Å². The first-order chi connectivity index (χ1) is 12.8. The number of hydrogen-bond donors (Lipinski definition) is 3. The highest BCUT2D eigenvalue weighted by Gasteiger charge is 2.50. The molecule has 0 aliphatic carbocycles. The lowest BCUT2D eigenvalue weighted by atomic mass is 9.95. The average molecular weight is 363 g/mol. The molecule has 150 valence electrons. The maximum absolute atomic E-state index is 4.03. The molecule has 0 aromatic carbocycles. The van der Waals surface area contributed by atoms with Crippen LogP contribution in [-0.2, 0) is 0 Å².